The Kier molecular flexibility index (Phi) is 6.31. The molecule has 3 aliphatic rings. The molecule has 0 aromatic carbocycles. The summed E-state index contributed by atoms with van der Waals surface area (Å²) in [6.45, 7) is 4.58. The smallest absolute Gasteiger partial charge is 0.279 e. The number of carbonyl (C=O) groups excluding carboxylic acids is 4. The molecule has 1 aliphatic carbocycles. The molecule has 0 radical (unpaired) electrons. The summed E-state index contributed by atoms with van der Waals surface area (Å²) in [6, 6.07) is 0. The van der Waals surface area contributed by atoms with E-state index in [1.54, 1.807) is 0 Å². The monoisotopic (exact) mass is 486 g/mol. The maximum Gasteiger partial charge on any atom is 0.279 e. The fraction of sp³-hybridized carbons (Fsp3) is 0.474. The quantitative estimate of drug-likeness (QED) is 0.338. The van der Waals surface area contributed by atoms with Crippen LogP contribution in [0.1, 0.15) is 20.8 Å². The van der Waals surface area contributed by atoms with E-state index >= 15 is 0 Å². The summed E-state index contributed by atoms with van der Waals surface area (Å²) in [6.07, 6.45) is 2.32. The van der Waals surface area contributed by atoms with Crippen LogP contribution >= 0.6 is 23.5 Å². The van der Waals surface area contributed by atoms with E-state index < -0.39 is 33.7 Å². The number of allylic oxidation sites excluding steroid dienone is 4. The molecule has 2 heterocycles. The van der Waals surface area contributed by atoms with Crippen LogP contribution in [0, 0.1) is 5.41 Å². The van der Waals surface area contributed by atoms with E-state index in [-0.39, 0.29) is 50.0 Å². The Morgan fingerprint density at radius 1 is 0.968 bits per heavy atom. The molecule has 3 rings (SSSR count). The molecule has 0 atom stereocenters. The zero-order chi connectivity index (χ0) is 23.3. The number of nitrogens with zero attached hydrogens (tertiary/aromatic N) is 2. The minimum Gasteiger partial charge on any atom is -0.394 e. The third-order valence-corrected chi connectivity index (χ3v) is 8.27. The first-order valence-corrected chi connectivity index (χ1v) is 13.0. The van der Waals surface area contributed by atoms with Gasteiger partial charge in [-0.3, -0.25) is 19.2 Å². The first-order valence-electron chi connectivity index (χ1n) is 9.34. The van der Waals surface area contributed by atoms with Gasteiger partial charge in [-0.15, -0.1) is 0 Å². The van der Waals surface area contributed by atoms with Gasteiger partial charge < -0.3 is 5.11 Å². The Morgan fingerprint density at radius 2 is 1.52 bits per heavy atom. The van der Waals surface area contributed by atoms with Crippen molar-refractivity contribution in [1.29, 1.82) is 0 Å². The number of aliphatic hydroxyl groups is 1. The Hall–Kier alpha value is -1.89. The van der Waals surface area contributed by atoms with Crippen LogP contribution in [-0.2, 0) is 29.0 Å². The fourth-order valence-electron chi connectivity index (χ4n) is 3.19. The van der Waals surface area contributed by atoms with E-state index in [4.69, 9.17) is 0 Å². The number of thioether (sulfide) groups is 2. The SMILES string of the molecule is CC(C)(C)C1=CC(=O)C2=C(S/C(=C3/C(=O)N(CCO)N(CCS(C)(=O)=O)C3=O)S2)C1=O. The lowest BCUT2D eigenvalue weighted by Crippen LogP contribution is -2.44. The Morgan fingerprint density at radius 3 is 2.03 bits per heavy atom. The summed E-state index contributed by atoms with van der Waals surface area (Å²) in [5.41, 5.74) is -0.424. The average molecular weight is 487 g/mol. The van der Waals surface area contributed by atoms with Crippen LogP contribution in [0.25, 0.3) is 0 Å². The first-order chi connectivity index (χ1) is 14.3. The summed E-state index contributed by atoms with van der Waals surface area (Å²) in [5, 5.41) is 11.3. The molecule has 0 bridgehead atoms. The van der Waals surface area contributed by atoms with Gasteiger partial charge in [-0.25, -0.2) is 18.4 Å². The van der Waals surface area contributed by atoms with Crippen LogP contribution in [0.15, 0.2) is 31.3 Å². The van der Waals surface area contributed by atoms with Gasteiger partial charge in [0.15, 0.2) is 11.6 Å². The van der Waals surface area contributed by atoms with E-state index in [1.807, 2.05) is 20.8 Å². The molecule has 1 fully saturated rings. The van der Waals surface area contributed by atoms with Gasteiger partial charge in [0.2, 0.25) is 0 Å². The van der Waals surface area contributed by atoms with Crippen LogP contribution in [0.4, 0.5) is 0 Å². The number of rotatable bonds is 5. The number of carbonyl (C=O) groups is 4. The van der Waals surface area contributed by atoms with Crippen molar-refractivity contribution >= 4 is 56.7 Å². The van der Waals surface area contributed by atoms with Gasteiger partial charge in [-0.05, 0) is 11.5 Å². The number of hydrogen-bond donors (Lipinski definition) is 1. The van der Waals surface area contributed by atoms with E-state index in [0.29, 0.717) is 5.57 Å². The molecule has 168 valence electrons. The minimum atomic E-state index is -3.40. The minimum absolute atomic E-state index is 0.175. The molecule has 0 aromatic heterocycles. The summed E-state index contributed by atoms with van der Waals surface area (Å²) >= 11 is 1.81. The van der Waals surface area contributed by atoms with Crippen molar-refractivity contribution < 1.29 is 32.7 Å². The Labute approximate surface area is 188 Å². The van der Waals surface area contributed by atoms with Gasteiger partial charge in [0, 0.05) is 11.8 Å². The summed E-state index contributed by atoms with van der Waals surface area (Å²) in [4.78, 5) is 51.9. The highest BCUT2D eigenvalue weighted by atomic mass is 32.2. The van der Waals surface area contributed by atoms with Crippen LogP contribution < -0.4 is 0 Å². The molecule has 2 aliphatic heterocycles. The summed E-state index contributed by atoms with van der Waals surface area (Å²) in [7, 11) is -3.40. The van der Waals surface area contributed by atoms with E-state index in [0.717, 1.165) is 39.8 Å². The number of aliphatic hydroxyl groups excluding tert-OH is 1. The lowest BCUT2D eigenvalue weighted by atomic mass is 9.81. The van der Waals surface area contributed by atoms with E-state index in [9.17, 15) is 32.7 Å². The summed E-state index contributed by atoms with van der Waals surface area (Å²) in [5.74, 6) is -2.45. The zero-order valence-corrected chi connectivity index (χ0v) is 19.9. The second-order valence-corrected chi connectivity index (χ2v) is 12.8. The van der Waals surface area contributed by atoms with Gasteiger partial charge in [-0.2, -0.15) is 0 Å². The number of hydrazine groups is 1. The number of ketones is 2. The number of sulfone groups is 1. The fourth-order valence-corrected chi connectivity index (χ4v) is 6.28. The van der Waals surface area contributed by atoms with Gasteiger partial charge in [-0.1, -0.05) is 44.3 Å². The number of hydrogen-bond acceptors (Lipinski definition) is 9. The largest absolute Gasteiger partial charge is 0.394 e. The number of β-amino-alcohol motifs (C(OH)–C–C–N with tert-alkyl or cyclic N) is 1. The molecule has 9 nitrogen and oxygen atoms in total. The van der Waals surface area contributed by atoms with Crippen molar-refractivity contribution in [2.24, 2.45) is 5.41 Å². The molecule has 31 heavy (non-hydrogen) atoms. The molecule has 0 spiro atoms. The molecule has 1 N–H and O–H groups in total. The number of amides is 2. The zero-order valence-electron chi connectivity index (χ0n) is 17.4. The van der Waals surface area contributed by atoms with Gasteiger partial charge in [0.1, 0.15) is 15.4 Å². The van der Waals surface area contributed by atoms with Crippen LogP contribution in [0.5, 0.6) is 0 Å². The number of Topliss-reactive ketones (excluding diaryl/α,β-unsaturated/α-hetero) is 1. The molecular weight excluding hydrogens is 464 g/mol. The van der Waals surface area contributed by atoms with Crippen molar-refractivity contribution in [1.82, 2.24) is 10.0 Å². The molecular formula is C19H22N2O7S3. The lowest BCUT2D eigenvalue weighted by molar-refractivity contribution is -0.147. The van der Waals surface area contributed by atoms with Crippen molar-refractivity contribution in [2.45, 2.75) is 20.8 Å². The third kappa shape index (κ3) is 4.52. The van der Waals surface area contributed by atoms with Crippen LogP contribution in [0.3, 0.4) is 0 Å². The maximum atomic E-state index is 13.0. The van der Waals surface area contributed by atoms with Crippen molar-refractivity contribution in [3.05, 3.63) is 31.3 Å². The Bertz CT molecular complexity index is 1090. The second-order valence-electron chi connectivity index (χ2n) is 8.24. The standard InChI is InChI=1S/C19H22N2O7S3/c1-19(2,3)10-9-11(23)14-15(13(10)24)30-18(29-14)12-16(25)20(5-7-22)21(17(12)26)6-8-31(4,27)28/h9,22H,5-8H2,1-4H3/b18-12-. The predicted molar refractivity (Wildman–Crippen MR) is 117 cm³/mol. The highest BCUT2D eigenvalue weighted by molar-refractivity contribution is 8.29. The molecule has 0 aromatic rings. The third-order valence-electron chi connectivity index (χ3n) is 4.73. The normalized spacial score (nSPS) is 22.7. The average Bonchev–Trinajstić information content (AvgIpc) is 3.16. The highest BCUT2D eigenvalue weighted by Crippen LogP contribution is 2.55. The molecule has 0 unspecified atom stereocenters. The maximum absolute atomic E-state index is 13.0. The summed E-state index contributed by atoms with van der Waals surface area (Å²) < 4.78 is 23.3. The molecule has 12 heteroatoms. The van der Waals surface area contributed by atoms with E-state index in [1.165, 1.54) is 6.08 Å². The van der Waals surface area contributed by atoms with Crippen LogP contribution in [-0.4, -0.2) is 78.6 Å². The van der Waals surface area contributed by atoms with Crippen molar-refractivity contribution in [2.75, 3.05) is 31.7 Å². The molecule has 0 saturated carbocycles. The van der Waals surface area contributed by atoms with Crippen molar-refractivity contribution in [3.63, 3.8) is 0 Å². The van der Waals surface area contributed by atoms with Crippen LogP contribution in [0.2, 0.25) is 0 Å². The van der Waals surface area contributed by atoms with Gasteiger partial charge in [0.25, 0.3) is 11.8 Å². The van der Waals surface area contributed by atoms with Crippen molar-refractivity contribution in [3.8, 4) is 0 Å². The Balaban J connectivity index is 1.95. The first kappa shape index (κ1) is 23.8. The predicted octanol–water partition coefficient (Wildman–Crippen LogP) is 0.637. The topological polar surface area (TPSA) is 129 Å². The van der Waals surface area contributed by atoms with E-state index in [2.05, 4.69) is 0 Å². The molecule has 2 amide bonds. The van der Waals surface area contributed by atoms with Gasteiger partial charge in [0.05, 0.1) is 39.5 Å². The molecule has 1 saturated heterocycles. The lowest BCUT2D eigenvalue weighted by Gasteiger charge is -2.26. The van der Waals surface area contributed by atoms with Gasteiger partial charge >= 0.3 is 0 Å². The highest BCUT2D eigenvalue weighted by Gasteiger charge is 2.47. The second kappa shape index (κ2) is 8.23.